The van der Waals surface area contributed by atoms with Crippen LogP contribution in [0.3, 0.4) is 0 Å². The fraction of sp³-hybridized carbons (Fsp3) is 0.462. The molecule has 0 aliphatic carbocycles. The molecular formula is C13H20N2O2. The predicted molar refractivity (Wildman–Crippen MR) is 68.1 cm³/mol. The molecule has 0 fully saturated rings. The van der Waals surface area contributed by atoms with Crippen molar-refractivity contribution in [3.05, 3.63) is 29.8 Å². The van der Waals surface area contributed by atoms with E-state index in [4.69, 9.17) is 4.74 Å². The van der Waals surface area contributed by atoms with Crippen molar-refractivity contribution in [1.29, 1.82) is 0 Å². The van der Waals surface area contributed by atoms with Gasteiger partial charge in [0.05, 0.1) is 7.11 Å². The van der Waals surface area contributed by atoms with Gasteiger partial charge in [-0.1, -0.05) is 12.1 Å². The second-order valence-electron chi connectivity index (χ2n) is 3.88. The molecule has 1 aromatic carbocycles. The summed E-state index contributed by atoms with van der Waals surface area (Å²) in [6, 6.07) is 8.12. The highest BCUT2D eigenvalue weighted by Crippen LogP contribution is 2.18. The third-order valence-electron chi connectivity index (χ3n) is 2.68. The molecule has 0 aliphatic rings. The highest BCUT2D eigenvalue weighted by Gasteiger charge is 2.06. The Morgan fingerprint density at radius 3 is 2.88 bits per heavy atom. The molecule has 0 bridgehead atoms. The largest absolute Gasteiger partial charge is 0.497 e. The van der Waals surface area contributed by atoms with Crippen molar-refractivity contribution in [1.82, 2.24) is 10.6 Å². The van der Waals surface area contributed by atoms with Gasteiger partial charge < -0.3 is 15.4 Å². The zero-order valence-corrected chi connectivity index (χ0v) is 10.6. The SMILES string of the molecule is CNC(=O)CCN[C@H](C)c1cccc(OC)c1. The number of hydrogen-bond donors (Lipinski definition) is 2. The maximum atomic E-state index is 11.1. The van der Waals surface area contributed by atoms with Crippen molar-refractivity contribution < 1.29 is 9.53 Å². The van der Waals surface area contributed by atoms with E-state index < -0.39 is 0 Å². The standard InChI is InChI=1S/C13H20N2O2/c1-10(15-8-7-13(16)14-2)11-5-4-6-12(9-11)17-3/h4-6,9-10,15H,7-8H2,1-3H3,(H,14,16)/t10-/m1/s1. The van der Waals surface area contributed by atoms with E-state index >= 15 is 0 Å². The molecule has 4 heteroatoms. The van der Waals surface area contributed by atoms with Crippen LogP contribution in [0.4, 0.5) is 0 Å². The van der Waals surface area contributed by atoms with E-state index in [1.165, 1.54) is 0 Å². The molecular weight excluding hydrogens is 216 g/mol. The van der Waals surface area contributed by atoms with Gasteiger partial charge in [0.15, 0.2) is 0 Å². The number of rotatable bonds is 6. The van der Waals surface area contributed by atoms with Crippen molar-refractivity contribution in [2.24, 2.45) is 0 Å². The third kappa shape index (κ3) is 4.44. The van der Waals surface area contributed by atoms with Crippen molar-refractivity contribution in [2.75, 3.05) is 20.7 Å². The minimum atomic E-state index is 0.0512. The number of carbonyl (C=O) groups is 1. The Morgan fingerprint density at radius 2 is 2.24 bits per heavy atom. The van der Waals surface area contributed by atoms with Gasteiger partial charge in [-0.15, -0.1) is 0 Å². The maximum absolute atomic E-state index is 11.1. The molecule has 0 aliphatic heterocycles. The number of nitrogens with one attached hydrogen (secondary N) is 2. The molecule has 0 unspecified atom stereocenters. The predicted octanol–water partition coefficient (Wildman–Crippen LogP) is 1.48. The Kier molecular flexibility index (Phi) is 5.49. The second kappa shape index (κ2) is 6.91. The first-order chi connectivity index (χ1) is 8.17. The van der Waals surface area contributed by atoms with E-state index in [2.05, 4.69) is 17.6 Å². The average Bonchev–Trinajstić information content (AvgIpc) is 2.38. The van der Waals surface area contributed by atoms with Gasteiger partial charge in [-0.3, -0.25) is 4.79 Å². The fourth-order valence-corrected chi connectivity index (χ4v) is 1.56. The summed E-state index contributed by atoms with van der Waals surface area (Å²) in [7, 11) is 3.30. The molecule has 1 amide bonds. The van der Waals surface area contributed by atoms with E-state index in [-0.39, 0.29) is 11.9 Å². The van der Waals surface area contributed by atoms with Crippen LogP contribution in [-0.4, -0.2) is 26.6 Å². The van der Waals surface area contributed by atoms with Gasteiger partial charge in [0, 0.05) is 26.1 Å². The van der Waals surface area contributed by atoms with E-state index in [0.717, 1.165) is 11.3 Å². The molecule has 0 heterocycles. The number of carbonyl (C=O) groups excluding carboxylic acids is 1. The summed E-state index contributed by atoms with van der Waals surface area (Å²) < 4.78 is 5.17. The highest BCUT2D eigenvalue weighted by molar-refractivity contribution is 5.75. The normalized spacial score (nSPS) is 11.9. The van der Waals surface area contributed by atoms with Gasteiger partial charge in [-0.2, -0.15) is 0 Å². The van der Waals surface area contributed by atoms with Gasteiger partial charge in [0.1, 0.15) is 5.75 Å². The summed E-state index contributed by atoms with van der Waals surface area (Å²) in [5, 5.41) is 5.90. The molecule has 94 valence electrons. The maximum Gasteiger partial charge on any atom is 0.221 e. The Hall–Kier alpha value is -1.55. The summed E-state index contributed by atoms with van der Waals surface area (Å²) in [4.78, 5) is 11.1. The van der Waals surface area contributed by atoms with E-state index in [9.17, 15) is 4.79 Å². The average molecular weight is 236 g/mol. The van der Waals surface area contributed by atoms with Gasteiger partial charge in [0.25, 0.3) is 0 Å². The molecule has 0 spiro atoms. The van der Waals surface area contributed by atoms with E-state index in [0.29, 0.717) is 13.0 Å². The minimum Gasteiger partial charge on any atom is -0.497 e. The lowest BCUT2D eigenvalue weighted by atomic mass is 10.1. The molecule has 17 heavy (non-hydrogen) atoms. The highest BCUT2D eigenvalue weighted by atomic mass is 16.5. The molecule has 0 saturated heterocycles. The lowest BCUT2D eigenvalue weighted by molar-refractivity contribution is -0.120. The van der Waals surface area contributed by atoms with Crippen molar-refractivity contribution in [3.8, 4) is 5.75 Å². The van der Waals surface area contributed by atoms with Crippen LogP contribution in [0.2, 0.25) is 0 Å². The molecule has 1 rings (SSSR count). The van der Waals surface area contributed by atoms with Crippen LogP contribution in [0.1, 0.15) is 24.9 Å². The van der Waals surface area contributed by atoms with Crippen molar-refractivity contribution in [2.45, 2.75) is 19.4 Å². The van der Waals surface area contributed by atoms with Crippen molar-refractivity contribution in [3.63, 3.8) is 0 Å². The first kappa shape index (κ1) is 13.5. The number of benzene rings is 1. The Balaban J connectivity index is 2.46. The zero-order chi connectivity index (χ0) is 12.7. The quantitative estimate of drug-likeness (QED) is 0.786. The van der Waals surface area contributed by atoms with Crippen LogP contribution in [0, 0.1) is 0 Å². The van der Waals surface area contributed by atoms with Gasteiger partial charge in [-0.05, 0) is 24.6 Å². The summed E-state index contributed by atoms with van der Waals surface area (Å²) in [5.74, 6) is 0.901. The summed E-state index contributed by atoms with van der Waals surface area (Å²) >= 11 is 0. The summed E-state index contributed by atoms with van der Waals surface area (Å²) in [5.41, 5.74) is 1.15. The smallest absolute Gasteiger partial charge is 0.221 e. The minimum absolute atomic E-state index is 0.0512. The first-order valence-corrected chi connectivity index (χ1v) is 5.75. The van der Waals surface area contributed by atoms with Crippen LogP contribution in [0.15, 0.2) is 24.3 Å². The molecule has 0 saturated carbocycles. The monoisotopic (exact) mass is 236 g/mol. The van der Waals surface area contributed by atoms with Gasteiger partial charge in [-0.25, -0.2) is 0 Å². The van der Waals surface area contributed by atoms with Crippen LogP contribution in [0.5, 0.6) is 5.75 Å². The fourth-order valence-electron chi connectivity index (χ4n) is 1.56. The molecule has 0 aromatic heterocycles. The summed E-state index contributed by atoms with van der Waals surface area (Å²) in [6.45, 7) is 2.73. The Bertz CT molecular complexity index is 366. The van der Waals surface area contributed by atoms with Crippen LogP contribution < -0.4 is 15.4 Å². The van der Waals surface area contributed by atoms with E-state index in [1.807, 2.05) is 24.3 Å². The second-order valence-corrected chi connectivity index (χ2v) is 3.88. The molecule has 1 aromatic rings. The number of ether oxygens (including phenoxy) is 1. The lowest BCUT2D eigenvalue weighted by Gasteiger charge is -2.14. The molecule has 1 atom stereocenters. The Labute approximate surface area is 102 Å². The van der Waals surface area contributed by atoms with E-state index in [1.54, 1.807) is 14.2 Å². The topological polar surface area (TPSA) is 50.4 Å². The molecule has 4 nitrogen and oxygen atoms in total. The van der Waals surface area contributed by atoms with Crippen LogP contribution in [-0.2, 0) is 4.79 Å². The zero-order valence-electron chi connectivity index (χ0n) is 10.6. The van der Waals surface area contributed by atoms with Gasteiger partial charge in [0.2, 0.25) is 5.91 Å². The number of amides is 1. The van der Waals surface area contributed by atoms with Gasteiger partial charge >= 0.3 is 0 Å². The number of hydrogen-bond acceptors (Lipinski definition) is 3. The molecule has 2 N–H and O–H groups in total. The number of methoxy groups -OCH3 is 1. The first-order valence-electron chi connectivity index (χ1n) is 5.75. The summed E-state index contributed by atoms with van der Waals surface area (Å²) in [6.07, 6.45) is 0.491. The Morgan fingerprint density at radius 1 is 1.47 bits per heavy atom. The van der Waals surface area contributed by atoms with Crippen molar-refractivity contribution >= 4 is 5.91 Å². The van der Waals surface area contributed by atoms with Crippen LogP contribution >= 0.6 is 0 Å². The lowest BCUT2D eigenvalue weighted by Crippen LogP contribution is -2.26. The van der Waals surface area contributed by atoms with Crippen LogP contribution in [0.25, 0.3) is 0 Å². The third-order valence-corrected chi connectivity index (χ3v) is 2.68. The molecule has 0 radical (unpaired) electrons.